The number of likely N-dealkylation sites (tertiary alicyclic amines) is 1. The summed E-state index contributed by atoms with van der Waals surface area (Å²) in [7, 11) is 0. The number of Topliss-reactive ketones (excluding diaryl/α,β-unsaturated/α-hetero) is 1. The number of ketones is 1. The fraction of sp³-hybridized carbons (Fsp3) is 0.500. The summed E-state index contributed by atoms with van der Waals surface area (Å²) in [5.41, 5.74) is 0.167. The molecule has 1 saturated heterocycles. The number of hydrogen-bond donors (Lipinski definition) is 1. The number of benzene rings is 1. The van der Waals surface area contributed by atoms with Gasteiger partial charge in [0.15, 0.2) is 0 Å². The molecule has 34 heavy (non-hydrogen) atoms. The minimum Gasteiger partial charge on any atom is -0.489 e. The smallest absolute Gasteiger partial charge is 0.456 e. The summed E-state index contributed by atoms with van der Waals surface area (Å²) in [5, 5.41) is 3.83. The van der Waals surface area contributed by atoms with Gasteiger partial charge in [-0.1, -0.05) is 11.6 Å². The Morgan fingerprint density at radius 1 is 1.18 bits per heavy atom. The third-order valence-corrected chi connectivity index (χ3v) is 6.82. The third-order valence-electron chi connectivity index (χ3n) is 6.52. The molecule has 2 aromatic rings. The Morgan fingerprint density at radius 2 is 1.85 bits per heavy atom. The van der Waals surface area contributed by atoms with E-state index in [4.69, 9.17) is 16.3 Å². The van der Waals surface area contributed by atoms with Gasteiger partial charge in [0, 0.05) is 36.9 Å². The van der Waals surface area contributed by atoms with Crippen LogP contribution < -0.4 is 10.1 Å². The number of alkyl halides is 3. The summed E-state index contributed by atoms with van der Waals surface area (Å²) in [4.78, 5) is 26.8. The third kappa shape index (κ3) is 4.43. The first-order valence-corrected chi connectivity index (χ1v) is 11.6. The van der Waals surface area contributed by atoms with E-state index in [1.807, 2.05) is 13.8 Å². The minimum atomic E-state index is -4.93. The maximum absolute atomic E-state index is 13.1. The van der Waals surface area contributed by atoms with Crippen LogP contribution >= 0.6 is 11.6 Å². The Hall–Kier alpha value is -2.52. The van der Waals surface area contributed by atoms with E-state index in [1.54, 1.807) is 36.1 Å². The summed E-state index contributed by atoms with van der Waals surface area (Å²) in [6.07, 6.45) is -3.96. The van der Waals surface area contributed by atoms with Gasteiger partial charge in [0.25, 0.3) is 11.7 Å². The molecule has 1 spiro atoms. The lowest BCUT2D eigenvalue weighted by Gasteiger charge is -2.47. The molecule has 0 aliphatic carbocycles. The van der Waals surface area contributed by atoms with Crippen LogP contribution in [-0.4, -0.2) is 53.1 Å². The van der Waals surface area contributed by atoms with Crippen LogP contribution in [0, 0.1) is 0 Å². The van der Waals surface area contributed by atoms with Gasteiger partial charge in [-0.05, 0) is 63.9 Å². The Bertz CT molecular complexity index is 1100. The lowest BCUT2D eigenvalue weighted by Crippen LogP contribution is -2.57. The fourth-order valence-corrected chi connectivity index (χ4v) is 5.08. The van der Waals surface area contributed by atoms with E-state index in [2.05, 4.69) is 5.32 Å². The highest BCUT2D eigenvalue weighted by atomic mass is 35.5. The summed E-state index contributed by atoms with van der Waals surface area (Å²) >= 11 is 6.29. The normalized spacial score (nSPS) is 19.9. The average Bonchev–Trinajstić information content (AvgIpc) is 3.23. The fourth-order valence-electron chi connectivity index (χ4n) is 4.86. The first-order valence-electron chi connectivity index (χ1n) is 11.3. The second-order valence-electron chi connectivity index (χ2n) is 9.22. The number of carbonyl (C=O) groups excluding carboxylic acids is 2. The highest BCUT2D eigenvalue weighted by molar-refractivity contribution is 6.32. The molecule has 0 bridgehead atoms. The number of piperidine rings is 1. The van der Waals surface area contributed by atoms with Gasteiger partial charge in [0.05, 0.1) is 22.4 Å². The number of aromatic nitrogens is 1. The molecule has 1 aromatic heterocycles. The summed E-state index contributed by atoms with van der Waals surface area (Å²) in [5.74, 6) is -1.49. The van der Waals surface area contributed by atoms with Gasteiger partial charge >= 0.3 is 6.18 Å². The van der Waals surface area contributed by atoms with Crippen molar-refractivity contribution in [1.82, 2.24) is 14.8 Å². The molecule has 4 rings (SSSR count). The molecular formula is C24H27ClF3N3O3. The van der Waals surface area contributed by atoms with Crippen LogP contribution in [0.5, 0.6) is 5.75 Å². The van der Waals surface area contributed by atoms with Crippen molar-refractivity contribution in [3.63, 3.8) is 0 Å². The molecule has 1 amide bonds. The number of rotatable bonds is 4. The number of nitrogens with one attached hydrogen (secondary N) is 1. The van der Waals surface area contributed by atoms with Crippen LogP contribution in [0.3, 0.4) is 0 Å². The molecule has 3 heterocycles. The Kier molecular flexibility index (Phi) is 6.46. The van der Waals surface area contributed by atoms with Crippen LogP contribution in [0.1, 0.15) is 66.2 Å². The Morgan fingerprint density at radius 3 is 2.44 bits per heavy atom. The number of ether oxygens (including phenoxy) is 1. The average molecular weight is 498 g/mol. The lowest BCUT2D eigenvalue weighted by atomic mass is 9.82. The summed E-state index contributed by atoms with van der Waals surface area (Å²) in [6, 6.07) is 7.51. The first-order chi connectivity index (χ1) is 15.9. The summed E-state index contributed by atoms with van der Waals surface area (Å²) < 4.78 is 46.5. The van der Waals surface area contributed by atoms with Gasteiger partial charge in [-0.15, -0.1) is 0 Å². The van der Waals surface area contributed by atoms with Gasteiger partial charge in [0.2, 0.25) is 0 Å². The standard InChI is InChI=1S/C24H27ClF3N3O3/c1-14(2)34-19-6-4-16(12-17(19)25)22(33)30-10-8-23(9-11-30)20-7-5-18(21(32)24(26,27)28)31(20)15(3)13-29-23/h4-7,12,14-15,29H,8-11,13H2,1-3H3. The van der Waals surface area contributed by atoms with Gasteiger partial charge in [-0.25, -0.2) is 0 Å². The maximum Gasteiger partial charge on any atom is 0.456 e. The second kappa shape index (κ2) is 8.92. The molecule has 0 saturated carbocycles. The molecule has 6 nitrogen and oxygen atoms in total. The van der Waals surface area contributed by atoms with Gasteiger partial charge in [-0.2, -0.15) is 13.2 Å². The molecule has 1 atom stereocenters. The van der Waals surface area contributed by atoms with E-state index in [9.17, 15) is 22.8 Å². The molecule has 2 aliphatic heterocycles. The lowest BCUT2D eigenvalue weighted by molar-refractivity contribution is -0.0892. The molecule has 2 aliphatic rings. The van der Waals surface area contributed by atoms with Crippen molar-refractivity contribution in [2.24, 2.45) is 0 Å². The van der Waals surface area contributed by atoms with Crippen molar-refractivity contribution >= 4 is 23.3 Å². The van der Waals surface area contributed by atoms with E-state index >= 15 is 0 Å². The zero-order chi connectivity index (χ0) is 24.8. The number of carbonyl (C=O) groups is 2. The van der Waals surface area contributed by atoms with Crippen LogP contribution in [0.15, 0.2) is 30.3 Å². The van der Waals surface area contributed by atoms with Crippen LogP contribution in [0.2, 0.25) is 5.02 Å². The van der Waals surface area contributed by atoms with Crippen molar-refractivity contribution < 1.29 is 27.5 Å². The molecule has 10 heteroatoms. The predicted molar refractivity (Wildman–Crippen MR) is 122 cm³/mol. The van der Waals surface area contributed by atoms with E-state index < -0.39 is 17.5 Å². The SMILES string of the molecule is CC(C)Oc1ccc(C(=O)N2CCC3(CC2)NCC(C)n2c(C(=O)C(F)(F)F)ccc23)cc1Cl. The van der Waals surface area contributed by atoms with Crippen molar-refractivity contribution in [3.8, 4) is 5.75 Å². The van der Waals surface area contributed by atoms with Crippen LogP contribution in [0.4, 0.5) is 13.2 Å². The first kappa shape index (κ1) is 24.6. The van der Waals surface area contributed by atoms with E-state index in [-0.39, 0.29) is 23.7 Å². The van der Waals surface area contributed by atoms with E-state index in [0.29, 0.717) is 54.5 Å². The van der Waals surface area contributed by atoms with Gasteiger partial charge in [-0.3, -0.25) is 9.59 Å². The molecule has 1 aromatic carbocycles. The Balaban J connectivity index is 1.52. The molecular weight excluding hydrogens is 471 g/mol. The number of fused-ring (bicyclic) bond motifs is 2. The number of nitrogens with zero attached hydrogens (tertiary/aromatic N) is 2. The van der Waals surface area contributed by atoms with Crippen LogP contribution in [0.25, 0.3) is 0 Å². The van der Waals surface area contributed by atoms with Gasteiger partial charge < -0.3 is 19.5 Å². The number of halogens is 4. The van der Waals surface area contributed by atoms with E-state index in [1.165, 1.54) is 10.6 Å². The maximum atomic E-state index is 13.1. The molecule has 1 N–H and O–H groups in total. The van der Waals surface area contributed by atoms with Crippen molar-refractivity contribution in [2.45, 2.75) is 57.5 Å². The van der Waals surface area contributed by atoms with Gasteiger partial charge in [0.1, 0.15) is 5.75 Å². The largest absolute Gasteiger partial charge is 0.489 e. The number of amides is 1. The van der Waals surface area contributed by atoms with Crippen molar-refractivity contribution in [1.29, 1.82) is 0 Å². The van der Waals surface area contributed by atoms with Crippen LogP contribution in [-0.2, 0) is 5.54 Å². The topological polar surface area (TPSA) is 63.6 Å². The van der Waals surface area contributed by atoms with Crippen molar-refractivity contribution in [3.05, 3.63) is 52.3 Å². The molecule has 1 fully saturated rings. The number of hydrogen-bond acceptors (Lipinski definition) is 4. The molecule has 184 valence electrons. The van der Waals surface area contributed by atoms with Crippen molar-refractivity contribution in [2.75, 3.05) is 19.6 Å². The molecule has 1 unspecified atom stereocenters. The predicted octanol–water partition coefficient (Wildman–Crippen LogP) is 4.97. The van der Waals surface area contributed by atoms with E-state index in [0.717, 1.165) is 0 Å². The zero-order valence-electron chi connectivity index (χ0n) is 19.2. The minimum absolute atomic E-state index is 0.0473. The Labute approximate surface area is 201 Å². The monoisotopic (exact) mass is 497 g/mol. The second-order valence-corrected chi connectivity index (χ2v) is 9.62. The highest BCUT2D eigenvalue weighted by Crippen LogP contribution is 2.40. The summed E-state index contributed by atoms with van der Waals surface area (Å²) in [6.45, 7) is 6.81. The highest BCUT2D eigenvalue weighted by Gasteiger charge is 2.47. The molecule has 0 radical (unpaired) electrons. The quantitative estimate of drug-likeness (QED) is 0.606. The zero-order valence-corrected chi connectivity index (χ0v) is 20.0.